The van der Waals surface area contributed by atoms with Crippen molar-refractivity contribution in [2.75, 3.05) is 46.0 Å². The summed E-state index contributed by atoms with van der Waals surface area (Å²) in [5.74, 6) is 0.113. The van der Waals surface area contributed by atoms with Crippen molar-refractivity contribution in [1.82, 2.24) is 10.2 Å². The van der Waals surface area contributed by atoms with Crippen molar-refractivity contribution in [3.63, 3.8) is 0 Å². The van der Waals surface area contributed by atoms with Gasteiger partial charge in [-0.15, -0.1) is 0 Å². The zero-order valence-corrected chi connectivity index (χ0v) is 9.66. The maximum atomic E-state index is 11.5. The van der Waals surface area contributed by atoms with Crippen LogP contribution < -0.4 is 5.32 Å². The number of rotatable bonds is 9. The van der Waals surface area contributed by atoms with Crippen molar-refractivity contribution in [2.24, 2.45) is 0 Å². The average Bonchev–Trinajstić information content (AvgIpc) is 2.25. The number of ether oxygens (including phenoxy) is 1. The predicted molar refractivity (Wildman–Crippen MR) is 58.7 cm³/mol. The van der Waals surface area contributed by atoms with Gasteiger partial charge in [0.05, 0.1) is 26.4 Å². The number of hydrogen-bond acceptors (Lipinski definition) is 4. The lowest BCUT2D eigenvalue weighted by molar-refractivity contribution is -0.129. The molecule has 2 N–H and O–H groups in total. The van der Waals surface area contributed by atoms with E-state index >= 15 is 0 Å². The Labute approximate surface area is 91.4 Å². The second-order valence-corrected chi connectivity index (χ2v) is 3.08. The molecule has 0 spiro atoms. The number of carbonyl (C=O) groups is 1. The van der Waals surface area contributed by atoms with Crippen molar-refractivity contribution in [2.45, 2.75) is 13.8 Å². The number of nitrogens with one attached hydrogen (secondary N) is 1. The Morgan fingerprint density at radius 3 is 2.53 bits per heavy atom. The zero-order valence-electron chi connectivity index (χ0n) is 9.66. The van der Waals surface area contributed by atoms with Crippen LogP contribution in [-0.4, -0.2) is 61.9 Å². The molecule has 0 aliphatic heterocycles. The lowest BCUT2D eigenvalue weighted by Crippen LogP contribution is -2.38. The van der Waals surface area contributed by atoms with Crippen LogP contribution in [0.5, 0.6) is 0 Å². The van der Waals surface area contributed by atoms with Crippen LogP contribution >= 0.6 is 0 Å². The van der Waals surface area contributed by atoms with E-state index in [0.717, 1.165) is 13.1 Å². The first-order valence-corrected chi connectivity index (χ1v) is 5.43. The van der Waals surface area contributed by atoms with E-state index < -0.39 is 0 Å². The Balaban J connectivity index is 3.38. The fourth-order valence-corrected chi connectivity index (χ4v) is 1.19. The second kappa shape index (κ2) is 9.89. The van der Waals surface area contributed by atoms with Gasteiger partial charge in [0.2, 0.25) is 5.91 Å². The first-order valence-electron chi connectivity index (χ1n) is 5.43. The van der Waals surface area contributed by atoms with Gasteiger partial charge in [-0.25, -0.2) is 0 Å². The van der Waals surface area contributed by atoms with Crippen LogP contribution in [0.1, 0.15) is 13.8 Å². The summed E-state index contributed by atoms with van der Waals surface area (Å²) in [5.41, 5.74) is 0. The van der Waals surface area contributed by atoms with E-state index in [9.17, 15) is 4.79 Å². The fourth-order valence-electron chi connectivity index (χ4n) is 1.19. The summed E-state index contributed by atoms with van der Waals surface area (Å²) >= 11 is 0. The third-order valence-electron chi connectivity index (χ3n) is 2.05. The quantitative estimate of drug-likeness (QED) is 0.510. The molecule has 0 saturated carbocycles. The van der Waals surface area contributed by atoms with Crippen LogP contribution in [0.3, 0.4) is 0 Å². The smallest absolute Gasteiger partial charge is 0.236 e. The van der Waals surface area contributed by atoms with Gasteiger partial charge in [0.1, 0.15) is 0 Å². The number of amides is 1. The van der Waals surface area contributed by atoms with Crippen molar-refractivity contribution < 1.29 is 14.6 Å². The van der Waals surface area contributed by atoms with Crippen LogP contribution in [-0.2, 0) is 9.53 Å². The number of nitrogens with zero attached hydrogens (tertiary/aromatic N) is 1. The molecule has 1 amide bonds. The topological polar surface area (TPSA) is 61.8 Å². The normalized spacial score (nSPS) is 10.3. The summed E-state index contributed by atoms with van der Waals surface area (Å²) in [6.45, 7) is 7.32. The summed E-state index contributed by atoms with van der Waals surface area (Å²) in [4.78, 5) is 13.3. The highest BCUT2D eigenvalue weighted by Crippen LogP contribution is 1.86. The molecular weight excluding hydrogens is 196 g/mol. The molecule has 0 bridgehead atoms. The number of aliphatic hydroxyl groups is 1. The molecule has 0 atom stereocenters. The van der Waals surface area contributed by atoms with E-state index in [0.29, 0.717) is 26.3 Å². The molecule has 0 aromatic heterocycles. The van der Waals surface area contributed by atoms with Crippen LogP contribution in [0.2, 0.25) is 0 Å². The van der Waals surface area contributed by atoms with Gasteiger partial charge < -0.3 is 20.1 Å². The monoisotopic (exact) mass is 218 g/mol. The minimum absolute atomic E-state index is 0.0401. The average molecular weight is 218 g/mol. The Morgan fingerprint density at radius 2 is 2.00 bits per heavy atom. The van der Waals surface area contributed by atoms with Gasteiger partial charge in [-0.1, -0.05) is 0 Å². The number of carbonyl (C=O) groups excluding carboxylic acids is 1. The first-order chi connectivity index (χ1) is 7.26. The van der Waals surface area contributed by atoms with E-state index in [1.165, 1.54) is 0 Å². The standard InChI is InChI=1S/C10H22N2O3/c1-3-12(4-2)10(14)9-11-5-7-15-8-6-13/h11,13H,3-9H2,1-2H3. The minimum atomic E-state index is 0.0401. The summed E-state index contributed by atoms with van der Waals surface area (Å²) in [7, 11) is 0. The summed E-state index contributed by atoms with van der Waals surface area (Å²) in [6.07, 6.45) is 0. The van der Waals surface area contributed by atoms with Crippen molar-refractivity contribution in [3.8, 4) is 0 Å². The Hall–Kier alpha value is -0.650. The molecule has 0 aliphatic carbocycles. The van der Waals surface area contributed by atoms with Gasteiger partial charge in [-0.05, 0) is 13.8 Å². The number of likely N-dealkylation sites (N-methyl/N-ethyl adjacent to an activating group) is 1. The molecule has 0 aliphatic rings. The first kappa shape index (κ1) is 14.3. The maximum absolute atomic E-state index is 11.5. The van der Waals surface area contributed by atoms with E-state index in [4.69, 9.17) is 9.84 Å². The third-order valence-corrected chi connectivity index (χ3v) is 2.05. The molecular formula is C10H22N2O3. The molecule has 90 valence electrons. The van der Waals surface area contributed by atoms with E-state index in [-0.39, 0.29) is 12.5 Å². The molecule has 5 nitrogen and oxygen atoms in total. The Bertz CT molecular complexity index is 161. The highest BCUT2D eigenvalue weighted by atomic mass is 16.5. The molecule has 0 unspecified atom stereocenters. The largest absolute Gasteiger partial charge is 0.394 e. The van der Waals surface area contributed by atoms with Crippen LogP contribution in [0.15, 0.2) is 0 Å². The van der Waals surface area contributed by atoms with Crippen LogP contribution in [0.4, 0.5) is 0 Å². The molecule has 0 aromatic carbocycles. The summed E-state index contributed by atoms with van der Waals surface area (Å²) in [5, 5.41) is 11.4. The minimum Gasteiger partial charge on any atom is -0.394 e. The van der Waals surface area contributed by atoms with Gasteiger partial charge in [-0.3, -0.25) is 4.79 Å². The van der Waals surface area contributed by atoms with E-state index in [1.54, 1.807) is 4.90 Å². The summed E-state index contributed by atoms with van der Waals surface area (Å²) < 4.78 is 5.04. The van der Waals surface area contributed by atoms with Crippen molar-refractivity contribution in [1.29, 1.82) is 0 Å². The number of aliphatic hydroxyl groups excluding tert-OH is 1. The molecule has 0 aromatic rings. The van der Waals surface area contributed by atoms with E-state index in [1.807, 2.05) is 13.8 Å². The number of hydrogen-bond donors (Lipinski definition) is 2. The van der Waals surface area contributed by atoms with E-state index in [2.05, 4.69) is 5.32 Å². The molecule has 0 rings (SSSR count). The van der Waals surface area contributed by atoms with Crippen molar-refractivity contribution >= 4 is 5.91 Å². The Morgan fingerprint density at radius 1 is 1.33 bits per heavy atom. The lowest BCUT2D eigenvalue weighted by atomic mass is 10.4. The molecule has 5 heteroatoms. The second-order valence-electron chi connectivity index (χ2n) is 3.08. The summed E-state index contributed by atoms with van der Waals surface area (Å²) in [6, 6.07) is 0. The van der Waals surface area contributed by atoms with Crippen LogP contribution in [0.25, 0.3) is 0 Å². The molecule has 0 fully saturated rings. The lowest BCUT2D eigenvalue weighted by Gasteiger charge is -2.18. The van der Waals surface area contributed by atoms with Gasteiger partial charge >= 0.3 is 0 Å². The molecule has 0 saturated heterocycles. The van der Waals surface area contributed by atoms with Crippen LogP contribution in [0, 0.1) is 0 Å². The molecule has 0 heterocycles. The SMILES string of the molecule is CCN(CC)C(=O)CNCCOCCO. The predicted octanol–water partition coefficient (Wildman–Crippen LogP) is -0.547. The Kier molecular flexibility index (Phi) is 9.46. The van der Waals surface area contributed by atoms with Gasteiger partial charge in [0, 0.05) is 19.6 Å². The maximum Gasteiger partial charge on any atom is 0.236 e. The molecule has 0 radical (unpaired) electrons. The highest BCUT2D eigenvalue weighted by molar-refractivity contribution is 5.78. The van der Waals surface area contributed by atoms with Gasteiger partial charge in [-0.2, -0.15) is 0 Å². The molecule has 15 heavy (non-hydrogen) atoms. The zero-order chi connectivity index (χ0) is 11.5. The van der Waals surface area contributed by atoms with Gasteiger partial charge in [0.15, 0.2) is 0 Å². The van der Waals surface area contributed by atoms with Gasteiger partial charge in [0.25, 0.3) is 0 Å². The third kappa shape index (κ3) is 7.30. The van der Waals surface area contributed by atoms with Crippen molar-refractivity contribution in [3.05, 3.63) is 0 Å². The fraction of sp³-hybridized carbons (Fsp3) is 0.900. The highest BCUT2D eigenvalue weighted by Gasteiger charge is 2.07.